The van der Waals surface area contributed by atoms with Gasteiger partial charge in [0.05, 0.1) is 15.4 Å². The first-order chi connectivity index (χ1) is 13.0. The molecule has 27 heavy (non-hydrogen) atoms. The molecule has 1 heterocycles. The van der Waals surface area contributed by atoms with Gasteiger partial charge in [-0.3, -0.25) is 24.6 Å². The number of carbonyl (C=O) groups excluding carboxylic acids is 2. The highest BCUT2D eigenvalue weighted by atomic mass is 32.2. The summed E-state index contributed by atoms with van der Waals surface area (Å²) in [7, 11) is 0. The van der Waals surface area contributed by atoms with Gasteiger partial charge in [-0.05, 0) is 35.4 Å². The molecule has 2 aromatic carbocycles. The number of amides is 2. The molecule has 0 fully saturated rings. The van der Waals surface area contributed by atoms with E-state index in [1.54, 1.807) is 0 Å². The van der Waals surface area contributed by atoms with E-state index in [0.717, 1.165) is 5.56 Å². The maximum absolute atomic E-state index is 12.9. The largest absolute Gasteiger partial charge is 0.274 e. The van der Waals surface area contributed by atoms with Crippen LogP contribution in [-0.2, 0) is 16.0 Å². The lowest BCUT2D eigenvalue weighted by Gasteiger charge is -2.15. The molecule has 6 nitrogen and oxygen atoms in total. The summed E-state index contributed by atoms with van der Waals surface area (Å²) >= 11 is 1.32. The summed E-state index contributed by atoms with van der Waals surface area (Å²) in [6, 6.07) is 15.4. The van der Waals surface area contributed by atoms with Crippen molar-refractivity contribution < 1.29 is 14.5 Å². The number of nitro benzene ring substituents is 1. The van der Waals surface area contributed by atoms with E-state index in [1.807, 2.05) is 37.3 Å². The molecule has 3 rings (SSSR count). The van der Waals surface area contributed by atoms with Crippen molar-refractivity contribution in [3.63, 3.8) is 0 Å². The fourth-order valence-electron chi connectivity index (χ4n) is 2.93. The topological polar surface area (TPSA) is 80.5 Å². The van der Waals surface area contributed by atoms with Gasteiger partial charge in [0.25, 0.3) is 17.5 Å². The standard InChI is InChI=1S/C20H18N2O4S/c1-2-27-18-17(15-8-10-16(11-9-15)22(25)26)19(23)21(20(18)24)13-12-14-6-4-3-5-7-14/h3-11H,2,12-13H2,1H3. The van der Waals surface area contributed by atoms with Crippen molar-refractivity contribution in [2.45, 2.75) is 13.3 Å². The molecule has 0 N–H and O–H groups in total. The summed E-state index contributed by atoms with van der Waals surface area (Å²) in [5.41, 5.74) is 1.85. The van der Waals surface area contributed by atoms with Crippen molar-refractivity contribution in [3.8, 4) is 0 Å². The Bertz CT molecular complexity index is 907. The molecule has 2 amide bonds. The highest BCUT2D eigenvalue weighted by molar-refractivity contribution is 8.04. The number of carbonyl (C=O) groups is 2. The Morgan fingerprint density at radius 1 is 1.00 bits per heavy atom. The normalized spacial score (nSPS) is 14.2. The molecule has 0 aliphatic carbocycles. The molecule has 0 aromatic heterocycles. The fraction of sp³-hybridized carbons (Fsp3) is 0.200. The van der Waals surface area contributed by atoms with Crippen LogP contribution in [0, 0.1) is 10.1 Å². The Labute approximate surface area is 161 Å². The van der Waals surface area contributed by atoms with E-state index >= 15 is 0 Å². The van der Waals surface area contributed by atoms with Crippen molar-refractivity contribution in [3.05, 3.63) is 80.7 Å². The van der Waals surface area contributed by atoms with Gasteiger partial charge in [-0.15, -0.1) is 11.8 Å². The van der Waals surface area contributed by atoms with Gasteiger partial charge in [0.2, 0.25) is 0 Å². The third-order valence-corrected chi connectivity index (χ3v) is 5.20. The molecule has 7 heteroatoms. The van der Waals surface area contributed by atoms with Gasteiger partial charge in [-0.2, -0.15) is 0 Å². The van der Waals surface area contributed by atoms with E-state index in [1.165, 1.54) is 40.9 Å². The van der Waals surface area contributed by atoms with E-state index in [2.05, 4.69) is 0 Å². The zero-order valence-corrected chi connectivity index (χ0v) is 15.6. The second kappa shape index (κ2) is 8.18. The first kappa shape index (κ1) is 18.8. The molecular weight excluding hydrogens is 364 g/mol. The lowest BCUT2D eigenvalue weighted by atomic mass is 10.1. The van der Waals surface area contributed by atoms with Crippen LogP contribution in [0.1, 0.15) is 18.1 Å². The average Bonchev–Trinajstić information content (AvgIpc) is 2.91. The van der Waals surface area contributed by atoms with Crippen molar-refractivity contribution >= 4 is 34.8 Å². The number of imide groups is 1. The number of hydrogen-bond acceptors (Lipinski definition) is 5. The smallest absolute Gasteiger partial charge is 0.269 e. The first-order valence-corrected chi connectivity index (χ1v) is 9.53. The number of hydrogen-bond donors (Lipinski definition) is 0. The van der Waals surface area contributed by atoms with Crippen molar-refractivity contribution in [1.82, 2.24) is 4.90 Å². The highest BCUT2D eigenvalue weighted by Crippen LogP contribution is 2.36. The van der Waals surface area contributed by atoms with E-state index < -0.39 is 4.92 Å². The second-order valence-electron chi connectivity index (χ2n) is 5.94. The van der Waals surface area contributed by atoms with Crippen LogP contribution in [0.25, 0.3) is 5.57 Å². The number of benzene rings is 2. The number of thioether (sulfide) groups is 1. The van der Waals surface area contributed by atoms with E-state index in [-0.39, 0.29) is 17.5 Å². The summed E-state index contributed by atoms with van der Waals surface area (Å²) in [5.74, 6) is 0.00837. The molecule has 2 aromatic rings. The third kappa shape index (κ3) is 3.93. The summed E-state index contributed by atoms with van der Waals surface area (Å²) in [6.07, 6.45) is 0.579. The van der Waals surface area contributed by atoms with Gasteiger partial charge in [0.1, 0.15) is 0 Å². The zero-order chi connectivity index (χ0) is 19.4. The predicted octanol–water partition coefficient (Wildman–Crippen LogP) is 3.67. The number of rotatable bonds is 7. The molecule has 138 valence electrons. The molecular formula is C20H18N2O4S. The molecule has 0 atom stereocenters. The van der Waals surface area contributed by atoms with Crippen molar-refractivity contribution in [2.24, 2.45) is 0 Å². The summed E-state index contributed by atoms with van der Waals surface area (Å²) < 4.78 is 0. The minimum Gasteiger partial charge on any atom is -0.274 e. The first-order valence-electron chi connectivity index (χ1n) is 8.55. The average molecular weight is 382 g/mol. The lowest BCUT2D eigenvalue weighted by Crippen LogP contribution is -2.33. The lowest BCUT2D eigenvalue weighted by molar-refractivity contribution is -0.384. The zero-order valence-electron chi connectivity index (χ0n) is 14.8. The molecule has 0 bridgehead atoms. The van der Waals surface area contributed by atoms with Gasteiger partial charge in [-0.25, -0.2) is 0 Å². The number of nitrogens with zero attached hydrogens (tertiary/aromatic N) is 2. The molecule has 0 spiro atoms. The maximum Gasteiger partial charge on any atom is 0.269 e. The number of nitro groups is 1. The van der Waals surface area contributed by atoms with Crippen LogP contribution in [-0.4, -0.2) is 33.9 Å². The van der Waals surface area contributed by atoms with Crippen molar-refractivity contribution in [2.75, 3.05) is 12.3 Å². The van der Waals surface area contributed by atoms with Crippen LogP contribution in [0.15, 0.2) is 59.5 Å². The summed E-state index contributed by atoms with van der Waals surface area (Å²) in [6.45, 7) is 2.21. The van der Waals surface area contributed by atoms with Crippen LogP contribution in [0.5, 0.6) is 0 Å². The monoisotopic (exact) mass is 382 g/mol. The molecule has 1 aliphatic heterocycles. The fourth-order valence-corrected chi connectivity index (χ4v) is 3.80. The van der Waals surface area contributed by atoms with Gasteiger partial charge < -0.3 is 0 Å². The Hall–Kier alpha value is -2.93. The Kier molecular flexibility index (Phi) is 5.71. The van der Waals surface area contributed by atoms with Crippen LogP contribution in [0.2, 0.25) is 0 Å². The van der Waals surface area contributed by atoms with Crippen LogP contribution in [0.4, 0.5) is 5.69 Å². The van der Waals surface area contributed by atoms with Crippen LogP contribution in [0.3, 0.4) is 0 Å². The minimum absolute atomic E-state index is 0.0539. The highest BCUT2D eigenvalue weighted by Gasteiger charge is 2.38. The van der Waals surface area contributed by atoms with Gasteiger partial charge >= 0.3 is 0 Å². The summed E-state index contributed by atoms with van der Waals surface area (Å²) in [5, 5.41) is 10.8. The Morgan fingerprint density at radius 2 is 1.67 bits per heavy atom. The van der Waals surface area contributed by atoms with Crippen molar-refractivity contribution in [1.29, 1.82) is 0 Å². The second-order valence-corrected chi connectivity index (χ2v) is 7.21. The van der Waals surface area contributed by atoms with E-state index in [9.17, 15) is 19.7 Å². The molecule has 0 saturated carbocycles. The molecule has 0 unspecified atom stereocenters. The minimum atomic E-state index is -0.492. The number of non-ortho nitro benzene ring substituents is 1. The maximum atomic E-state index is 12.9. The predicted molar refractivity (Wildman–Crippen MR) is 105 cm³/mol. The van der Waals surface area contributed by atoms with Crippen LogP contribution < -0.4 is 0 Å². The SMILES string of the molecule is CCSC1=C(c2ccc([N+](=O)[O-])cc2)C(=O)N(CCc2ccccc2)C1=O. The Morgan fingerprint density at radius 3 is 2.26 bits per heavy atom. The van der Waals surface area contributed by atoms with Gasteiger partial charge in [0, 0.05) is 18.7 Å². The quantitative estimate of drug-likeness (QED) is 0.415. The van der Waals surface area contributed by atoms with Gasteiger partial charge in [-0.1, -0.05) is 37.3 Å². The third-order valence-electron chi connectivity index (χ3n) is 4.25. The van der Waals surface area contributed by atoms with E-state index in [4.69, 9.17) is 0 Å². The Balaban J connectivity index is 1.87. The summed E-state index contributed by atoms with van der Waals surface area (Å²) in [4.78, 5) is 37.8. The van der Waals surface area contributed by atoms with Crippen LogP contribution >= 0.6 is 11.8 Å². The molecule has 1 aliphatic rings. The molecule has 0 radical (unpaired) electrons. The molecule has 0 saturated heterocycles. The van der Waals surface area contributed by atoms with Gasteiger partial charge in [0.15, 0.2) is 0 Å². The van der Waals surface area contributed by atoms with E-state index in [0.29, 0.717) is 34.8 Å².